The third-order valence-electron chi connectivity index (χ3n) is 2.70. The molecule has 0 radical (unpaired) electrons. The number of ether oxygens (including phenoxy) is 1. The summed E-state index contributed by atoms with van der Waals surface area (Å²) in [6, 6.07) is 7.93. The van der Waals surface area contributed by atoms with Crippen LogP contribution >= 0.6 is 0 Å². The van der Waals surface area contributed by atoms with E-state index >= 15 is 0 Å². The van der Waals surface area contributed by atoms with Crippen LogP contribution in [0.15, 0.2) is 24.3 Å². The lowest BCUT2D eigenvalue weighted by Crippen LogP contribution is -2.27. The van der Waals surface area contributed by atoms with Crippen LogP contribution in [-0.4, -0.2) is 23.8 Å². The van der Waals surface area contributed by atoms with Crippen molar-refractivity contribution in [1.29, 1.82) is 0 Å². The number of aryl methyl sites for hydroxylation is 1. The highest BCUT2D eigenvalue weighted by Crippen LogP contribution is 2.13. The summed E-state index contributed by atoms with van der Waals surface area (Å²) < 4.78 is 5.36. The topological polar surface area (TPSA) is 46.5 Å². The van der Waals surface area contributed by atoms with E-state index in [0.717, 1.165) is 18.4 Å². The Bertz CT molecular complexity index is 360. The first-order valence-electron chi connectivity index (χ1n) is 6.10. The summed E-state index contributed by atoms with van der Waals surface area (Å²) in [5.41, 5.74) is 2.26. The molecule has 94 valence electrons. The Morgan fingerprint density at radius 3 is 2.47 bits per heavy atom. The molecule has 17 heavy (non-hydrogen) atoms. The average Bonchev–Trinajstić information content (AvgIpc) is 2.34. The van der Waals surface area contributed by atoms with Crippen LogP contribution in [0.5, 0.6) is 0 Å². The summed E-state index contributed by atoms with van der Waals surface area (Å²) in [4.78, 5) is 11.1. The van der Waals surface area contributed by atoms with Crippen molar-refractivity contribution < 1.29 is 14.6 Å². The second kappa shape index (κ2) is 7.07. The molecule has 1 aromatic rings. The highest BCUT2D eigenvalue weighted by Gasteiger charge is 2.19. The van der Waals surface area contributed by atoms with Gasteiger partial charge in [0.15, 0.2) is 6.10 Å². The van der Waals surface area contributed by atoms with Crippen molar-refractivity contribution in [3.05, 3.63) is 35.4 Å². The molecular weight excluding hydrogens is 216 g/mol. The van der Waals surface area contributed by atoms with Crippen LogP contribution < -0.4 is 0 Å². The summed E-state index contributed by atoms with van der Waals surface area (Å²) >= 11 is 0. The van der Waals surface area contributed by atoms with Gasteiger partial charge in [-0.05, 0) is 24.0 Å². The molecule has 0 amide bonds. The normalized spacial score (nSPS) is 12.4. The van der Waals surface area contributed by atoms with Gasteiger partial charge >= 0.3 is 5.97 Å². The number of hydrogen-bond donors (Lipinski definition) is 1. The van der Waals surface area contributed by atoms with Crippen molar-refractivity contribution in [1.82, 2.24) is 0 Å². The fraction of sp³-hybridized carbons (Fsp3) is 0.500. The van der Waals surface area contributed by atoms with Gasteiger partial charge in [0, 0.05) is 13.0 Å². The second-order valence-corrected chi connectivity index (χ2v) is 4.02. The fourth-order valence-corrected chi connectivity index (χ4v) is 1.78. The molecule has 0 aliphatic carbocycles. The molecular formula is C14H20O3. The van der Waals surface area contributed by atoms with Crippen molar-refractivity contribution in [2.75, 3.05) is 6.61 Å². The van der Waals surface area contributed by atoms with Gasteiger partial charge in [0.25, 0.3) is 0 Å². The summed E-state index contributed by atoms with van der Waals surface area (Å²) in [6.07, 6.45) is 1.46. The van der Waals surface area contributed by atoms with Gasteiger partial charge < -0.3 is 9.84 Å². The van der Waals surface area contributed by atoms with Crippen LogP contribution in [0.25, 0.3) is 0 Å². The molecule has 3 nitrogen and oxygen atoms in total. The SMILES string of the molecule is CCCO[C@H](Cc1ccccc1CC)C(=O)O. The molecule has 1 N–H and O–H groups in total. The molecule has 0 bridgehead atoms. The number of aliphatic carboxylic acids is 1. The minimum atomic E-state index is -0.885. The summed E-state index contributed by atoms with van der Waals surface area (Å²) in [7, 11) is 0. The monoisotopic (exact) mass is 236 g/mol. The summed E-state index contributed by atoms with van der Waals surface area (Å²) in [5, 5.41) is 9.10. The van der Waals surface area contributed by atoms with Crippen LogP contribution in [0.2, 0.25) is 0 Å². The van der Waals surface area contributed by atoms with Crippen LogP contribution in [-0.2, 0) is 22.4 Å². The van der Waals surface area contributed by atoms with Gasteiger partial charge in [0.2, 0.25) is 0 Å². The summed E-state index contributed by atoms with van der Waals surface area (Å²) in [5.74, 6) is -0.885. The molecule has 1 rings (SSSR count). The molecule has 0 saturated heterocycles. The quantitative estimate of drug-likeness (QED) is 0.791. The molecule has 0 aliphatic heterocycles. The highest BCUT2D eigenvalue weighted by atomic mass is 16.5. The van der Waals surface area contributed by atoms with E-state index < -0.39 is 12.1 Å². The first-order chi connectivity index (χ1) is 8.19. The van der Waals surface area contributed by atoms with E-state index in [1.807, 2.05) is 31.2 Å². The van der Waals surface area contributed by atoms with Gasteiger partial charge in [0.1, 0.15) is 0 Å². The van der Waals surface area contributed by atoms with E-state index in [9.17, 15) is 4.79 Å². The second-order valence-electron chi connectivity index (χ2n) is 4.02. The Morgan fingerprint density at radius 1 is 1.29 bits per heavy atom. The molecule has 0 aromatic heterocycles. The Hall–Kier alpha value is -1.35. The average molecular weight is 236 g/mol. The van der Waals surface area contributed by atoms with E-state index in [2.05, 4.69) is 6.92 Å². The number of carbonyl (C=O) groups is 1. The predicted octanol–water partition coefficient (Wildman–Crippen LogP) is 2.67. The van der Waals surface area contributed by atoms with Crippen molar-refractivity contribution in [3.8, 4) is 0 Å². The maximum Gasteiger partial charge on any atom is 0.333 e. The van der Waals surface area contributed by atoms with E-state index in [-0.39, 0.29) is 0 Å². The first-order valence-corrected chi connectivity index (χ1v) is 6.10. The lowest BCUT2D eigenvalue weighted by atomic mass is 10.00. The van der Waals surface area contributed by atoms with Crippen LogP contribution in [0, 0.1) is 0 Å². The number of carboxylic acid groups (broad SMARTS) is 1. The van der Waals surface area contributed by atoms with E-state index in [1.165, 1.54) is 5.56 Å². The molecule has 0 aliphatic rings. The van der Waals surface area contributed by atoms with Gasteiger partial charge in [-0.1, -0.05) is 38.1 Å². The fourth-order valence-electron chi connectivity index (χ4n) is 1.78. The molecule has 0 heterocycles. The zero-order valence-corrected chi connectivity index (χ0v) is 10.5. The van der Waals surface area contributed by atoms with Gasteiger partial charge in [-0.25, -0.2) is 4.79 Å². The molecule has 1 aromatic carbocycles. The van der Waals surface area contributed by atoms with Crippen LogP contribution in [0.3, 0.4) is 0 Å². The maximum absolute atomic E-state index is 11.1. The number of hydrogen-bond acceptors (Lipinski definition) is 2. The Morgan fingerprint density at radius 2 is 1.94 bits per heavy atom. The molecule has 1 atom stereocenters. The minimum Gasteiger partial charge on any atom is -0.479 e. The van der Waals surface area contributed by atoms with Crippen molar-refractivity contribution >= 4 is 5.97 Å². The third-order valence-corrected chi connectivity index (χ3v) is 2.70. The standard InChI is InChI=1S/C14H20O3/c1-3-9-17-13(14(15)16)10-12-8-6-5-7-11(12)4-2/h5-8,13H,3-4,9-10H2,1-2H3,(H,15,16)/t13-/m1/s1. The number of rotatable bonds is 7. The van der Waals surface area contributed by atoms with Crippen LogP contribution in [0.4, 0.5) is 0 Å². The van der Waals surface area contributed by atoms with Crippen molar-refractivity contribution in [3.63, 3.8) is 0 Å². The minimum absolute atomic E-state index is 0.444. The van der Waals surface area contributed by atoms with Gasteiger partial charge in [-0.2, -0.15) is 0 Å². The number of carboxylic acids is 1. The number of benzene rings is 1. The predicted molar refractivity (Wildman–Crippen MR) is 67.2 cm³/mol. The van der Waals surface area contributed by atoms with Gasteiger partial charge in [-0.15, -0.1) is 0 Å². The lowest BCUT2D eigenvalue weighted by molar-refractivity contribution is -0.150. The highest BCUT2D eigenvalue weighted by molar-refractivity contribution is 5.72. The smallest absolute Gasteiger partial charge is 0.333 e. The molecule has 0 saturated carbocycles. The first kappa shape index (κ1) is 13.7. The Balaban J connectivity index is 2.74. The van der Waals surface area contributed by atoms with Crippen molar-refractivity contribution in [2.45, 2.75) is 39.2 Å². The maximum atomic E-state index is 11.1. The van der Waals surface area contributed by atoms with Crippen LogP contribution in [0.1, 0.15) is 31.4 Å². The molecule has 0 unspecified atom stereocenters. The molecule has 0 spiro atoms. The summed E-state index contributed by atoms with van der Waals surface area (Å²) in [6.45, 7) is 4.53. The third kappa shape index (κ3) is 4.19. The van der Waals surface area contributed by atoms with E-state index in [0.29, 0.717) is 13.0 Å². The Kier molecular flexibility index (Phi) is 5.70. The van der Waals surface area contributed by atoms with E-state index in [1.54, 1.807) is 0 Å². The Labute approximate surface area is 102 Å². The van der Waals surface area contributed by atoms with Gasteiger partial charge in [-0.3, -0.25) is 0 Å². The molecule has 0 fully saturated rings. The lowest BCUT2D eigenvalue weighted by Gasteiger charge is -2.15. The van der Waals surface area contributed by atoms with E-state index in [4.69, 9.17) is 9.84 Å². The zero-order chi connectivity index (χ0) is 12.7. The largest absolute Gasteiger partial charge is 0.479 e. The molecule has 3 heteroatoms. The van der Waals surface area contributed by atoms with Crippen molar-refractivity contribution in [2.24, 2.45) is 0 Å². The van der Waals surface area contributed by atoms with Gasteiger partial charge in [0.05, 0.1) is 0 Å². The zero-order valence-electron chi connectivity index (χ0n) is 10.5.